The Labute approximate surface area is 153 Å². The van der Waals surface area contributed by atoms with Crippen molar-refractivity contribution >= 4 is 40.3 Å². The molecule has 7 nitrogen and oxygen atoms in total. The van der Waals surface area contributed by atoms with Crippen LogP contribution in [0.1, 0.15) is 21.6 Å². The van der Waals surface area contributed by atoms with Crippen LogP contribution in [-0.2, 0) is 4.79 Å². The number of halogens is 1. The SMILES string of the molecule is NC(=O)[C](c1cccc(Cl)c1)c1c(C(N)=O)n(C(N)=O)c2ccccc12. The van der Waals surface area contributed by atoms with E-state index in [1.54, 1.807) is 42.5 Å². The van der Waals surface area contributed by atoms with Crippen molar-refractivity contribution < 1.29 is 14.4 Å². The molecule has 0 unspecified atom stereocenters. The van der Waals surface area contributed by atoms with Gasteiger partial charge >= 0.3 is 6.03 Å². The first-order valence-corrected chi connectivity index (χ1v) is 7.86. The Balaban J connectivity index is 2.45. The van der Waals surface area contributed by atoms with Crippen LogP contribution in [0.15, 0.2) is 48.5 Å². The first kappa shape index (κ1) is 17.5. The van der Waals surface area contributed by atoms with Crippen LogP contribution in [0, 0.1) is 5.92 Å². The maximum Gasteiger partial charge on any atom is 0.324 e. The lowest BCUT2D eigenvalue weighted by Crippen LogP contribution is -2.30. The minimum absolute atomic E-state index is 0.0116. The second-order valence-corrected chi connectivity index (χ2v) is 5.96. The molecule has 0 saturated heterocycles. The maximum atomic E-state index is 12.3. The van der Waals surface area contributed by atoms with Gasteiger partial charge in [-0.25, -0.2) is 4.79 Å². The van der Waals surface area contributed by atoms with Gasteiger partial charge in [-0.3, -0.25) is 14.2 Å². The highest BCUT2D eigenvalue weighted by molar-refractivity contribution is 6.30. The van der Waals surface area contributed by atoms with Gasteiger partial charge in [-0.1, -0.05) is 41.9 Å². The zero-order chi connectivity index (χ0) is 19.0. The fourth-order valence-corrected chi connectivity index (χ4v) is 3.20. The number of hydrogen-bond acceptors (Lipinski definition) is 3. The van der Waals surface area contributed by atoms with Crippen LogP contribution in [0.5, 0.6) is 0 Å². The van der Waals surface area contributed by atoms with Gasteiger partial charge in [0.05, 0.1) is 5.52 Å². The van der Waals surface area contributed by atoms with Crippen molar-refractivity contribution in [2.75, 3.05) is 0 Å². The maximum absolute atomic E-state index is 12.3. The molecule has 1 heterocycles. The summed E-state index contributed by atoms with van der Waals surface area (Å²) >= 11 is 6.02. The van der Waals surface area contributed by atoms with Crippen LogP contribution < -0.4 is 17.2 Å². The third kappa shape index (κ3) is 2.78. The summed E-state index contributed by atoms with van der Waals surface area (Å²) in [6.45, 7) is 0. The van der Waals surface area contributed by atoms with E-state index in [0.29, 0.717) is 21.5 Å². The van der Waals surface area contributed by atoms with Crippen LogP contribution >= 0.6 is 11.6 Å². The molecule has 26 heavy (non-hydrogen) atoms. The normalized spacial score (nSPS) is 11.0. The Bertz CT molecular complexity index is 1060. The molecule has 6 N–H and O–H groups in total. The molecule has 0 aliphatic carbocycles. The number of primary amides is 3. The van der Waals surface area contributed by atoms with Crippen LogP contribution in [0.25, 0.3) is 10.9 Å². The molecular weight excluding hydrogens is 356 g/mol. The number of hydrogen-bond donors (Lipinski definition) is 3. The topological polar surface area (TPSA) is 134 Å². The molecule has 1 radical (unpaired) electrons. The highest BCUT2D eigenvalue weighted by atomic mass is 35.5. The summed E-state index contributed by atoms with van der Waals surface area (Å²) in [6.07, 6.45) is 0. The van der Waals surface area contributed by atoms with E-state index in [2.05, 4.69) is 0 Å². The molecule has 0 saturated carbocycles. The molecule has 0 spiro atoms. The minimum Gasteiger partial charge on any atom is -0.369 e. The van der Waals surface area contributed by atoms with Gasteiger partial charge in [-0.15, -0.1) is 0 Å². The lowest BCUT2D eigenvalue weighted by molar-refractivity contribution is -0.115. The van der Waals surface area contributed by atoms with Crippen molar-refractivity contribution in [2.45, 2.75) is 0 Å². The highest BCUT2D eigenvalue weighted by Crippen LogP contribution is 2.35. The van der Waals surface area contributed by atoms with Gasteiger partial charge in [0.25, 0.3) is 5.91 Å². The van der Waals surface area contributed by atoms with E-state index in [-0.39, 0.29) is 17.2 Å². The van der Waals surface area contributed by atoms with Crippen molar-refractivity contribution in [3.63, 3.8) is 0 Å². The van der Waals surface area contributed by atoms with E-state index in [9.17, 15) is 14.4 Å². The van der Waals surface area contributed by atoms with Crippen LogP contribution in [0.4, 0.5) is 4.79 Å². The third-order valence-electron chi connectivity index (χ3n) is 3.94. The zero-order valence-corrected chi connectivity index (χ0v) is 14.2. The predicted molar refractivity (Wildman–Crippen MR) is 97.5 cm³/mol. The van der Waals surface area contributed by atoms with Crippen molar-refractivity contribution in [3.05, 3.63) is 76.3 Å². The molecule has 3 aromatic rings. The molecule has 3 rings (SSSR count). The number of fused-ring (bicyclic) bond motifs is 1. The average Bonchev–Trinajstić information content (AvgIpc) is 2.90. The second-order valence-electron chi connectivity index (χ2n) is 5.53. The van der Waals surface area contributed by atoms with Crippen molar-refractivity contribution in [3.8, 4) is 0 Å². The van der Waals surface area contributed by atoms with Gasteiger partial charge in [0.1, 0.15) is 11.6 Å². The first-order valence-electron chi connectivity index (χ1n) is 7.49. The quantitative estimate of drug-likeness (QED) is 0.646. The van der Waals surface area contributed by atoms with E-state index >= 15 is 0 Å². The lowest BCUT2D eigenvalue weighted by atomic mass is 9.88. The van der Waals surface area contributed by atoms with Gasteiger partial charge in [0, 0.05) is 16.0 Å². The number of benzene rings is 2. The highest BCUT2D eigenvalue weighted by Gasteiger charge is 2.33. The standard InChI is InChI=1S/C18H14ClN4O3/c19-10-5-3-4-9(8-10)13(16(20)24)14-11-6-1-2-7-12(11)23(18(22)26)15(14)17(21)25/h1-8H,(H2,20,24)(H2,21,25)(H2,22,26). The number of aromatic nitrogens is 1. The van der Waals surface area contributed by atoms with Crippen molar-refractivity contribution in [1.82, 2.24) is 4.57 Å². The molecule has 0 atom stereocenters. The third-order valence-corrected chi connectivity index (χ3v) is 4.17. The molecule has 1 aromatic heterocycles. The summed E-state index contributed by atoms with van der Waals surface area (Å²) in [5.41, 5.74) is 17.2. The number of para-hydroxylation sites is 1. The van der Waals surface area contributed by atoms with E-state index in [1.807, 2.05) is 0 Å². The van der Waals surface area contributed by atoms with E-state index in [4.69, 9.17) is 28.8 Å². The summed E-state index contributed by atoms with van der Waals surface area (Å²) in [5, 5.41) is 0.814. The molecule has 131 valence electrons. The van der Waals surface area contributed by atoms with Gasteiger partial charge in [0.15, 0.2) is 0 Å². The number of amides is 3. The first-order chi connectivity index (χ1) is 12.3. The molecule has 0 fully saturated rings. The van der Waals surface area contributed by atoms with Crippen molar-refractivity contribution in [1.29, 1.82) is 0 Å². The molecule has 0 aliphatic heterocycles. The smallest absolute Gasteiger partial charge is 0.324 e. The van der Waals surface area contributed by atoms with Gasteiger partial charge in [0.2, 0.25) is 5.91 Å². The monoisotopic (exact) mass is 369 g/mol. The summed E-state index contributed by atoms with van der Waals surface area (Å²) in [5.74, 6) is -1.71. The number of carbonyl (C=O) groups excluding carboxylic acids is 3. The zero-order valence-electron chi connectivity index (χ0n) is 13.4. The number of nitrogens with zero attached hydrogens (tertiary/aromatic N) is 1. The summed E-state index contributed by atoms with van der Waals surface area (Å²) in [7, 11) is 0. The lowest BCUT2D eigenvalue weighted by Gasteiger charge is -2.15. The molecule has 8 heteroatoms. The Hall–Kier alpha value is -3.32. The Morgan fingerprint density at radius 2 is 1.62 bits per heavy atom. The largest absolute Gasteiger partial charge is 0.369 e. The van der Waals surface area contributed by atoms with Gasteiger partial charge in [-0.2, -0.15) is 0 Å². The summed E-state index contributed by atoms with van der Waals surface area (Å²) < 4.78 is 0.973. The molecular formula is C18H14ClN4O3. The number of rotatable bonds is 4. The average molecular weight is 370 g/mol. The van der Waals surface area contributed by atoms with Crippen molar-refractivity contribution in [2.24, 2.45) is 17.2 Å². The Kier molecular flexibility index (Phi) is 4.40. The molecule has 0 aliphatic rings. The molecule has 3 amide bonds. The van der Waals surface area contributed by atoms with Gasteiger partial charge < -0.3 is 17.2 Å². The minimum atomic E-state index is -0.921. The van der Waals surface area contributed by atoms with E-state index in [0.717, 1.165) is 4.57 Å². The molecule has 0 bridgehead atoms. The molecule has 2 aromatic carbocycles. The fraction of sp³-hybridized carbons (Fsp3) is 0. The summed E-state index contributed by atoms with van der Waals surface area (Å²) in [4.78, 5) is 36.4. The number of carbonyl (C=O) groups is 3. The van der Waals surface area contributed by atoms with E-state index in [1.165, 1.54) is 6.07 Å². The summed E-state index contributed by atoms with van der Waals surface area (Å²) in [6, 6.07) is 12.1. The van der Waals surface area contributed by atoms with E-state index < -0.39 is 17.8 Å². The number of nitrogens with two attached hydrogens (primary N) is 3. The Morgan fingerprint density at radius 1 is 0.923 bits per heavy atom. The van der Waals surface area contributed by atoms with Gasteiger partial charge in [-0.05, 0) is 23.8 Å². The van der Waals surface area contributed by atoms with Crippen LogP contribution in [0.2, 0.25) is 5.02 Å². The fourth-order valence-electron chi connectivity index (χ4n) is 3.01. The second kappa shape index (κ2) is 6.53. The Morgan fingerprint density at radius 3 is 2.19 bits per heavy atom. The predicted octanol–water partition coefficient (Wildman–Crippen LogP) is 1.78. The van der Waals surface area contributed by atoms with Crippen LogP contribution in [0.3, 0.4) is 0 Å². The van der Waals surface area contributed by atoms with Crippen LogP contribution in [-0.4, -0.2) is 22.4 Å².